The van der Waals surface area contributed by atoms with Crippen LogP contribution in [0.15, 0.2) is 24.3 Å². The molecule has 4 nitrogen and oxygen atoms in total. The van der Waals surface area contributed by atoms with Gasteiger partial charge in [-0.3, -0.25) is 4.79 Å². The Hall–Kier alpha value is -1.55. The Labute approximate surface area is 108 Å². The number of nitrogens with one attached hydrogen (secondary N) is 1. The van der Waals surface area contributed by atoms with Gasteiger partial charge in [-0.2, -0.15) is 0 Å². The van der Waals surface area contributed by atoms with Gasteiger partial charge in [-0.1, -0.05) is 12.1 Å². The van der Waals surface area contributed by atoms with Crippen LogP contribution in [0.25, 0.3) is 0 Å². The molecule has 2 unspecified atom stereocenters. The summed E-state index contributed by atoms with van der Waals surface area (Å²) in [5.74, 6) is -0.742. The van der Waals surface area contributed by atoms with Gasteiger partial charge in [0.2, 0.25) is 0 Å². The zero-order chi connectivity index (χ0) is 13.1. The molecule has 98 valence electrons. The smallest absolute Gasteiger partial charge is 0.305 e. The van der Waals surface area contributed by atoms with Crippen molar-refractivity contribution in [1.29, 1.82) is 0 Å². The first-order chi connectivity index (χ1) is 8.56. The molecule has 2 rings (SSSR count). The Bertz CT molecular complexity index is 434. The predicted molar refractivity (Wildman–Crippen MR) is 72.0 cm³/mol. The van der Waals surface area contributed by atoms with Crippen molar-refractivity contribution in [1.82, 2.24) is 5.32 Å². The van der Waals surface area contributed by atoms with Crippen LogP contribution in [-0.4, -0.2) is 36.2 Å². The van der Waals surface area contributed by atoms with Gasteiger partial charge in [0.15, 0.2) is 0 Å². The van der Waals surface area contributed by atoms with Crippen LogP contribution in [0.1, 0.15) is 18.9 Å². The van der Waals surface area contributed by atoms with Crippen LogP contribution in [0.4, 0.5) is 5.69 Å². The highest BCUT2D eigenvalue weighted by atomic mass is 16.4. The van der Waals surface area contributed by atoms with Crippen LogP contribution in [-0.2, 0) is 4.79 Å². The monoisotopic (exact) mass is 248 g/mol. The molecular weight excluding hydrogens is 228 g/mol. The number of aliphatic carboxylic acids is 1. The molecule has 0 saturated carbocycles. The molecule has 1 aliphatic heterocycles. The van der Waals surface area contributed by atoms with E-state index >= 15 is 0 Å². The standard InChI is InChI=1S/C14H20N2O2/c1-10-4-3-5-12(6-10)16-9-11(2)15-8-13(16)7-14(17)18/h3-6,11,13,15H,7-9H2,1-2H3,(H,17,18). The number of rotatable bonds is 3. The maximum atomic E-state index is 10.9. The van der Waals surface area contributed by atoms with Gasteiger partial charge in [0, 0.05) is 24.8 Å². The molecule has 0 amide bonds. The quantitative estimate of drug-likeness (QED) is 0.854. The Morgan fingerprint density at radius 1 is 1.56 bits per heavy atom. The van der Waals surface area contributed by atoms with Gasteiger partial charge < -0.3 is 15.3 Å². The zero-order valence-electron chi connectivity index (χ0n) is 10.9. The van der Waals surface area contributed by atoms with Crippen molar-refractivity contribution in [3.05, 3.63) is 29.8 Å². The second-order valence-electron chi connectivity index (χ2n) is 5.05. The molecule has 2 atom stereocenters. The van der Waals surface area contributed by atoms with E-state index in [-0.39, 0.29) is 12.5 Å². The minimum absolute atomic E-state index is 0.0282. The third-order valence-corrected chi connectivity index (χ3v) is 3.36. The number of hydrogen-bond acceptors (Lipinski definition) is 3. The molecule has 0 aliphatic carbocycles. The third kappa shape index (κ3) is 3.01. The van der Waals surface area contributed by atoms with E-state index in [2.05, 4.69) is 42.3 Å². The Morgan fingerprint density at radius 2 is 2.33 bits per heavy atom. The largest absolute Gasteiger partial charge is 0.481 e. The number of carboxylic acids is 1. The molecule has 0 radical (unpaired) electrons. The lowest BCUT2D eigenvalue weighted by atomic mass is 10.0. The van der Waals surface area contributed by atoms with Crippen molar-refractivity contribution < 1.29 is 9.90 Å². The molecule has 4 heteroatoms. The zero-order valence-corrected chi connectivity index (χ0v) is 10.9. The van der Waals surface area contributed by atoms with E-state index in [0.717, 1.165) is 18.8 Å². The molecule has 0 bridgehead atoms. The van der Waals surface area contributed by atoms with Crippen molar-refractivity contribution in [3.63, 3.8) is 0 Å². The summed E-state index contributed by atoms with van der Waals surface area (Å²) in [4.78, 5) is 13.1. The Morgan fingerprint density at radius 3 is 3.00 bits per heavy atom. The van der Waals surface area contributed by atoms with Gasteiger partial charge in [-0.25, -0.2) is 0 Å². The number of nitrogens with zero attached hydrogens (tertiary/aromatic N) is 1. The van der Waals surface area contributed by atoms with Gasteiger partial charge >= 0.3 is 5.97 Å². The Balaban J connectivity index is 2.21. The fourth-order valence-corrected chi connectivity index (χ4v) is 2.46. The summed E-state index contributed by atoms with van der Waals surface area (Å²) in [5, 5.41) is 12.3. The minimum atomic E-state index is -0.742. The normalized spacial score (nSPS) is 24.0. The summed E-state index contributed by atoms with van der Waals surface area (Å²) in [5.41, 5.74) is 2.32. The molecule has 18 heavy (non-hydrogen) atoms. The number of piperazine rings is 1. The summed E-state index contributed by atoms with van der Waals surface area (Å²) in [6, 6.07) is 8.67. The number of carbonyl (C=O) groups is 1. The van der Waals surface area contributed by atoms with E-state index in [9.17, 15) is 4.79 Å². The lowest BCUT2D eigenvalue weighted by molar-refractivity contribution is -0.137. The van der Waals surface area contributed by atoms with Crippen LogP contribution in [0.3, 0.4) is 0 Å². The summed E-state index contributed by atoms with van der Waals surface area (Å²) in [6.45, 7) is 5.75. The molecule has 1 aromatic rings. The SMILES string of the molecule is Cc1cccc(N2CC(C)NCC2CC(=O)O)c1. The molecule has 1 aromatic carbocycles. The fraction of sp³-hybridized carbons (Fsp3) is 0.500. The fourth-order valence-electron chi connectivity index (χ4n) is 2.46. The topological polar surface area (TPSA) is 52.6 Å². The Kier molecular flexibility index (Phi) is 3.87. The predicted octanol–water partition coefficient (Wildman–Crippen LogP) is 1.64. The lowest BCUT2D eigenvalue weighted by Crippen LogP contribution is -2.56. The van der Waals surface area contributed by atoms with Crippen molar-refractivity contribution in [2.75, 3.05) is 18.0 Å². The van der Waals surface area contributed by atoms with E-state index in [1.165, 1.54) is 5.56 Å². The minimum Gasteiger partial charge on any atom is -0.481 e. The summed E-state index contributed by atoms with van der Waals surface area (Å²) >= 11 is 0. The second kappa shape index (κ2) is 5.40. The molecule has 1 heterocycles. The van der Waals surface area contributed by atoms with Crippen LogP contribution in [0, 0.1) is 6.92 Å². The first kappa shape index (κ1) is 12.9. The van der Waals surface area contributed by atoms with E-state index in [1.54, 1.807) is 0 Å². The number of benzene rings is 1. The molecule has 2 N–H and O–H groups in total. The summed E-state index contributed by atoms with van der Waals surface area (Å²) in [7, 11) is 0. The van der Waals surface area contributed by atoms with Crippen molar-refractivity contribution in [2.45, 2.75) is 32.4 Å². The average Bonchev–Trinajstić information content (AvgIpc) is 2.31. The summed E-state index contributed by atoms with van der Waals surface area (Å²) < 4.78 is 0. The van der Waals surface area contributed by atoms with E-state index in [1.807, 2.05) is 6.07 Å². The number of aryl methyl sites for hydroxylation is 1. The van der Waals surface area contributed by atoms with E-state index < -0.39 is 5.97 Å². The van der Waals surface area contributed by atoms with Gasteiger partial charge in [-0.15, -0.1) is 0 Å². The first-order valence-electron chi connectivity index (χ1n) is 6.35. The van der Waals surface area contributed by atoms with Gasteiger partial charge in [-0.05, 0) is 31.5 Å². The van der Waals surface area contributed by atoms with Gasteiger partial charge in [0.05, 0.1) is 12.5 Å². The van der Waals surface area contributed by atoms with Gasteiger partial charge in [0.25, 0.3) is 0 Å². The van der Waals surface area contributed by atoms with Crippen LogP contribution >= 0.6 is 0 Å². The third-order valence-electron chi connectivity index (χ3n) is 3.36. The van der Waals surface area contributed by atoms with Crippen molar-refractivity contribution in [3.8, 4) is 0 Å². The van der Waals surface area contributed by atoms with E-state index in [4.69, 9.17) is 5.11 Å². The lowest BCUT2D eigenvalue weighted by Gasteiger charge is -2.40. The summed E-state index contributed by atoms with van der Waals surface area (Å²) in [6.07, 6.45) is 0.174. The van der Waals surface area contributed by atoms with Crippen LogP contribution < -0.4 is 10.2 Å². The number of hydrogen-bond donors (Lipinski definition) is 2. The molecule has 0 spiro atoms. The molecule has 1 saturated heterocycles. The maximum Gasteiger partial charge on any atom is 0.305 e. The molecular formula is C14H20N2O2. The molecule has 1 aliphatic rings. The maximum absolute atomic E-state index is 10.9. The van der Waals surface area contributed by atoms with Crippen molar-refractivity contribution >= 4 is 11.7 Å². The first-order valence-corrected chi connectivity index (χ1v) is 6.35. The van der Waals surface area contributed by atoms with Crippen LogP contribution in [0.5, 0.6) is 0 Å². The number of carboxylic acid groups (broad SMARTS) is 1. The average molecular weight is 248 g/mol. The highest BCUT2D eigenvalue weighted by Crippen LogP contribution is 2.22. The van der Waals surface area contributed by atoms with Crippen molar-refractivity contribution in [2.24, 2.45) is 0 Å². The van der Waals surface area contributed by atoms with Crippen LogP contribution in [0.2, 0.25) is 0 Å². The highest BCUT2D eigenvalue weighted by molar-refractivity contribution is 5.69. The molecule has 0 aromatic heterocycles. The van der Waals surface area contributed by atoms with E-state index in [0.29, 0.717) is 6.04 Å². The van der Waals surface area contributed by atoms with Gasteiger partial charge in [0.1, 0.15) is 0 Å². The number of anilines is 1. The molecule has 1 fully saturated rings. The highest BCUT2D eigenvalue weighted by Gasteiger charge is 2.27. The second-order valence-corrected chi connectivity index (χ2v) is 5.05.